The number of rotatable bonds is 3. The minimum atomic E-state index is -0.802. The highest BCUT2D eigenvalue weighted by atomic mass is 16.7. The maximum absolute atomic E-state index is 11.5. The zero-order valence-corrected chi connectivity index (χ0v) is 10.0. The molecule has 0 bridgehead atoms. The van der Waals surface area contributed by atoms with E-state index < -0.39 is 18.2 Å². The van der Waals surface area contributed by atoms with Gasteiger partial charge in [0.25, 0.3) is 6.29 Å². The average Bonchev–Trinajstić information content (AvgIpc) is 2.68. The first-order chi connectivity index (χ1) is 8.61. The van der Waals surface area contributed by atoms with Crippen molar-refractivity contribution in [1.29, 1.82) is 0 Å². The minimum absolute atomic E-state index is 0.286. The van der Waals surface area contributed by atoms with E-state index >= 15 is 0 Å². The molecule has 94 valence electrons. The van der Waals surface area contributed by atoms with Crippen LogP contribution in [0.3, 0.4) is 0 Å². The minimum Gasteiger partial charge on any atom is -0.465 e. The van der Waals surface area contributed by atoms with Gasteiger partial charge in [-0.2, -0.15) is 0 Å². The van der Waals surface area contributed by atoms with Gasteiger partial charge in [0.1, 0.15) is 11.3 Å². The second-order valence-electron chi connectivity index (χ2n) is 3.73. The molecular weight excluding hydrogens is 236 g/mol. The molecule has 5 heteroatoms. The van der Waals surface area contributed by atoms with Crippen molar-refractivity contribution in [3.8, 4) is 5.75 Å². The van der Waals surface area contributed by atoms with E-state index in [0.29, 0.717) is 11.3 Å². The van der Waals surface area contributed by atoms with Gasteiger partial charge in [0.05, 0.1) is 7.11 Å². The summed E-state index contributed by atoms with van der Waals surface area (Å²) in [7, 11) is 1.29. The number of carbonyl (C=O) groups excluding carboxylic acids is 2. The summed E-state index contributed by atoms with van der Waals surface area (Å²) in [4.78, 5) is 22.7. The topological polar surface area (TPSA) is 61.8 Å². The van der Waals surface area contributed by atoms with Crippen molar-refractivity contribution in [2.75, 3.05) is 7.11 Å². The summed E-state index contributed by atoms with van der Waals surface area (Å²) in [6.07, 6.45) is 0.749. The van der Waals surface area contributed by atoms with Crippen molar-refractivity contribution < 1.29 is 23.8 Å². The SMILES string of the molecule is COC(=O)c1ccccc1OC1C=C(C)C(=O)O1. The van der Waals surface area contributed by atoms with Crippen molar-refractivity contribution in [2.45, 2.75) is 13.2 Å². The first-order valence-electron chi connectivity index (χ1n) is 5.35. The molecule has 0 aromatic heterocycles. The van der Waals surface area contributed by atoms with Gasteiger partial charge >= 0.3 is 11.9 Å². The maximum Gasteiger partial charge on any atom is 0.341 e. The molecule has 1 unspecified atom stereocenters. The van der Waals surface area contributed by atoms with E-state index in [9.17, 15) is 9.59 Å². The van der Waals surface area contributed by atoms with E-state index in [-0.39, 0.29) is 5.56 Å². The summed E-state index contributed by atoms with van der Waals surface area (Å²) < 4.78 is 15.0. The number of hydrogen-bond acceptors (Lipinski definition) is 5. The lowest BCUT2D eigenvalue weighted by atomic mass is 10.2. The summed E-state index contributed by atoms with van der Waals surface area (Å²) in [5, 5.41) is 0. The van der Waals surface area contributed by atoms with Crippen LogP contribution in [0.4, 0.5) is 0 Å². The van der Waals surface area contributed by atoms with Crippen molar-refractivity contribution >= 4 is 11.9 Å². The molecule has 0 aliphatic carbocycles. The molecule has 2 rings (SSSR count). The first kappa shape index (κ1) is 12.2. The Morgan fingerprint density at radius 1 is 1.33 bits per heavy atom. The van der Waals surface area contributed by atoms with Gasteiger partial charge in [-0.3, -0.25) is 0 Å². The molecule has 1 aliphatic rings. The Bertz CT molecular complexity index is 518. The van der Waals surface area contributed by atoms with E-state index in [1.807, 2.05) is 0 Å². The monoisotopic (exact) mass is 248 g/mol. The van der Waals surface area contributed by atoms with Crippen LogP contribution in [0.25, 0.3) is 0 Å². The second-order valence-corrected chi connectivity index (χ2v) is 3.73. The van der Waals surface area contributed by atoms with Gasteiger partial charge in [-0.15, -0.1) is 0 Å². The summed E-state index contributed by atoms with van der Waals surface area (Å²) in [6, 6.07) is 6.60. The zero-order chi connectivity index (χ0) is 13.1. The lowest BCUT2D eigenvalue weighted by molar-refractivity contribution is -0.148. The molecule has 0 N–H and O–H groups in total. The Kier molecular flexibility index (Phi) is 3.32. The lowest BCUT2D eigenvalue weighted by Crippen LogP contribution is -2.17. The van der Waals surface area contributed by atoms with Crippen LogP contribution in [0.1, 0.15) is 17.3 Å². The van der Waals surface area contributed by atoms with Gasteiger partial charge in [0.15, 0.2) is 0 Å². The number of esters is 2. The van der Waals surface area contributed by atoms with Gasteiger partial charge in [-0.05, 0) is 19.1 Å². The molecule has 18 heavy (non-hydrogen) atoms. The molecule has 0 saturated carbocycles. The normalized spacial score (nSPS) is 18.0. The van der Waals surface area contributed by atoms with Crippen molar-refractivity contribution in [1.82, 2.24) is 0 Å². The Morgan fingerprint density at radius 3 is 2.67 bits per heavy atom. The smallest absolute Gasteiger partial charge is 0.341 e. The van der Waals surface area contributed by atoms with E-state index in [4.69, 9.17) is 9.47 Å². The van der Waals surface area contributed by atoms with Gasteiger partial charge in [0.2, 0.25) is 0 Å². The second kappa shape index (κ2) is 4.91. The molecule has 1 aromatic carbocycles. The standard InChI is InChI=1S/C13H12O5/c1-8-7-11(18-12(8)14)17-10-6-4-3-5-9(10)13(15)16-2/h3-7,11H,1-2H3. The summed E-state index contributed by atoms with van der Waals surface area (Å²) in [5.74, 6) is -0.612. The lowest BCUT2D eigenvalue weighted by Gasteiger charge is -2.13. The summed E-state index contributed by atoms with van der Waals surface area (Å²) in [6.45, 7) is 1.64. The Morgan fingerprint density at radius 2 is 2.06 bits per heavy atom. The highest BCUT2D eigenvalue weighted by Crippen LogP contribution is 2.23. The fourth-order valence-corrected chi connectivity index (χ4v) is 1.54. The Balaban J connectivity index is 2.20. The number of hydrogen-bond donors (Lipinski definition) is 0. The van der Waals surface area contributed by atoms with Crippen molar-refractivity contribution in [3.63, 3.8) is 0 Å². The molecular formula is C13H12O5. The third-order valence-corrected chi connectivity index (χ3v) is 2.47. The molecule has 1 aromatic rings. The summed E-state index contributed by atoms with van der Waals surface area (Å²) in [5.41, 5.74) is 0.768. The number of ether oxygens (including phenoxy) is 3. The molecule has 1 heterocycles. The molecule has 0 radical (unpaired) electrons. The van der Waals surface area contributed by atoms with Gasteiger partial charge in [0, 0.05) is 11.6 Å². The highest BCUT2D eigenvalue weighted by Gasteiger charge is 2.25. The maximum atomic E-state index is 11.5. The fraction of sp³-hybridized carbons (Fsp3) is 0.231. The third-order valence-electron chi connectivity index (χ3n) is 2.47. The van der Waals surface area contributed by atoms with Crippen LogP contribution >= 0.6 is 0 Å². The fourth-order valence-electron chi connectivity index (χ4n) is 1.54. The molecule has 1 aliphatic heterocycles. The average molecular weight is 248 g/mol. The van der Waals surface area contributed by atoms with E-state index in [2.05, 4.69) is 4.74 Å². The highest BCUT2D eigenvalue weighted by molar-refractivity contribution is 5.92. The quantitative estimate of drug-likeness (QED) is 0.761. The van der Waals surface area contributed by atoms with Gasteiger partial charge < -0.3 is 14.2 Å². The zero-order valence-electron chi connectivity index (χ0n) is 10.0. The van der Waals surface area contributed by atoms with Crippen LogP contribution in [-0.2, 0) is 14.3 Å². The number of para-hydroxylation sites is 1. The van der Waals surface area contributed by atoms with E-state index in [0.717, 1.165) is 0 Å². The predicted octanol–water partition coefficient (Wildman–Crippen LogP) is 1.68. The van der Waals surface area contributed by atoms with Crippen LogP contribution in [0.2, 0.25) is 0 Å². The van der Waals surface area contributed by atoms with E-state index in [1.54, 1.807) is 37.3 Å². The van der Waals surface area contributed by atoms with E-state index in [1.165, 1.54) is 7.11 Å². The molecule has 0 amide bonds. The van der Waals surface area contributed by atoms with Gasteiger partial charge in [-0.1, -0.05) is 12.1 Å². The van der Waals surface area contributed by atoms with Crippen LogP contribution in [0, 0.1) is 0 Å². The molecule has 5 nitrogen and oxygen atoms in total. The molecule has 1 atom stereocenters. The Hall–Kier alpha value is -2.30. The third kappa shape index (κ3) is 2.34. The molecule has 0 saturated heterocycles. The van der Waals surface area contributed by atoms with Crippen LogP contribution in [0.5, 0.6) is 5.75 Å². The number of benzene rings is 1. The van der Waals surface area contributed by atoms with Crippen LogP contribution in [0.15, 0.2) is 35.9 Å². The van der Waals surface area contributed by atoms with Crippen molar-refractivity contribution in [2.24, 2.45) is 0 Å². The first-order valence-corrected chi connectivity index (χ1v) is 5.35. The number of carbonyl (C=O) groups is 2. The largest absolute Gasteiger partial charge is 0.465 e. The number of methoxy groups -OCH3 is 1. The molecule has 0 fully saturated rings. The predicted molar refractivity (Wildman–Crippen MR) is 62.0 cm³/mol. The van der Waals surface area contributed by atoms with Crippen molar-refractivity contribution in [3.05, 3.63) is 41.5 Å². The molecule has 0 spiro atoms. The van der Waals surface area contributed by atoms with Crippen LogP contribution < -0.4 is 4.74 Å². The van der Waals surface area contributed by atoms with Gasteiger partial charge in [-0.25, -0.2) is 9.59 Å². The van der Waals surface area contributed by atoms with Crippen LogP contribution in [-0.4, -0.2) is 25.3 Å². The Labute approximate surface area is 104 Å². The summed E-state index contributed by atoms with van der Waals surface area (Å²) >= 11 is 0. The number of cyclic esters (lactones) is 1.